The van der Waals surface area contributed by atoms with Crippen LogP contribution in [0, 0.1) is 5.92 Å². The average Bonchev–Trinajstić information content (AvgIpc) is 2.67. The van der Waals surface area contributed by atoms with E-state index in [1.807, 2.05) is 19.1 Å². The summed E-state index contributed by atoms with van der Waals surface area (Å²) in [5, 5.41) is 12.7. The number of hydrogen-bond acceptors (Lipinski definition) is 2. The monoisotopic (exact) mass is 416 g/mol. The molecule has 156 valence electrons. The second kappa shape index (κ2) is 8.62. The first-order chi connectivity index (χ1) is 13.7. The predicted octanol–water partition coefficient (Wildman–Crippen LogP) is 5.55. The highest BCUT2D eigenvalue weighted by molar-refractivity contribution is 6.32. The number of benzene rings is 1. The van der Waals surface area contributed by atoms with Gasteiger partial charge in [0.15, 0.2) is 0 Å². The van der Waals surface area contributed by atoms with Crippen molar-refractivity contribution in [1.29, 1.82) is 0 Å². The predicted molar refractivity (Wildman–Crippen MR) is 116 cm³/mol. The quantitative estimate of drug-likeness (QED) is 0.638. The third-order valence-electron chi connectivity index (χ3n) is 5.86. The number of carboxylic acid groups (broad SMARTS) is 1. The van der Waals surface area contributed by atoms with Gasteiger partial charge in [-0.15, -0.1) is 0 Å². The van der Waals surface area contributed by atoms with E-state index in [0.29, 0.717) is 5.02 Å². The van der Waals surface area contributed by atoms with E-state index in [4.69, 9.17) is 16.7 Å². The van der Waals surface area contributed by atoms with Crippen LogP contribution in [0.2, 0.25) is 5.02 Å². The highest BCUT2D eigenvalue weighted by atomic mass is 35.5. The van der Waals surface area contributed by atoms with Crippen LogP contribution in [-0.4, -0.2) is 28.6 Å². The Morgan fingerprint density at radius 3 is 2.69 bits per heavy atom. The summed E-state index contributed by atoms with van der Waals surface area (Å²) < 4.78 is 0. The SMILES string of the molecule is CC(C)C1=CN(CCC(=O)O)C(=O)N[C@]1(C)c1ccc(C2=CCCCC2)c(Cl)c1. The Kier molecular flexibility index (Phi) is 6.37. The number of carbonyl (C=O) groups is 2. The largest absolute Gasteiger partial charge is 0.481 e. The van der Waals surface area contributed by atoms with Gasteiger partial charge in [0.25, 0.3) is 0 Å². The zero-order valence-electron chi connectivity index (χ0n) is 17.3. The molecule has 0 saturated carbocycles. The molecule has 0 bridgehead atoms. The number of nitrogens with zero attached hydrogens (tertiary/aromatic N) is 1. The molecule has 1 heterocycles. The van der Waals surface area contributed by atoms with Gasteiger partial charge in [0.1, 0.15) is 0 Å². The number of hydrogen-bond donors (Lipinski definition) is 2. The number of aliphatic carboxylic acids is 1. The Bertz CT molecular complexity index is 875. The maximum atomic E-state index is 12.7. The summed E-state index contributed by atoms with van der Waals surface area (Å²) in [6, 6.07) is 5.75. The number of halogens is 1. The molecule has 0 spiro atoms. The van der Waals surface area contributed by atoms with Gasteiger partial charge in [-0.05, 0) is 66.9 Å². The first-order valence-corrected chi connectivity index (χ1v) is 10.6. The lowest BCUT2D eigenvalue weighted by molar-refractivity contribution is -0.137. The molecule has 1 aromatic carbocycles. The van der Waals surface area contributed by atoms with E-state index >= 15 is 0 Å². The molecular weight excluding hydrogens is 388 g/mol. The smallest absolute Gasteiger partial charge is 0.322 e. The van der Waals surface area contributed by atoms with E-state index < -0.39 is 11.5 Å². The molecule has 0 fully saturated rings. The van der Waals surface area contributed by atoms with Gasteiger partial charge in [-0.2, -0.15) is 0 Å². The molecule has 1 aromatic rings. The van der Waals surface area contributed by atoms with Crippen molar-refractivity contribution in [3.63, 3.8) is 0 Å². The van der Waals surface area contributed by atoms with Gasteiger partial charge in [0.2, 0.25) is 0 Å². The number of allylic oxidation sites excluding steroid dienone is 2. The van der Waals surface area contributed by atoms with Gasteiger partial charge >= 0.3 is 12.0 Å². The molecule has 3 rings (SSSR count). The van der Waals surface area contributed by atoms with Crippen molar-refractivity contribution in [3.8, 4) is 0 Å². The molecular formula is C23H29ClN2O3. The van der Waals surface area contributed by atoms with Crippen LogP contribution in [0.5, 0.6) is 0 Å². The Balaban J connectivity index is 1.96. The summed E-state index contributed by atoms with van der Waals surface area (Å²) in [5.41, 5.74) is 3.61. The molecule has 0 radical (unpaired) electrons. The van der Waals surface area contributed by atoms with E-state index in [1.165, 1.54) is 23.3 Å². The molecule has 1 aliphatic heterocycles. The molecule has 0 unspecified atom stereocenters. The van der Waals surface area contributed by atoms with Crippen LogP contribution in [0.4, 0.5) is 4.79 Å². The summed E-state index contributed by atoms with van der Waals surface area (Å²) in [6.07, 6.45) is 8.53. The van der Waals surface area contributed by atoms with Crippen LogP contribution < -0.4 is 5.32 Å². The fourth-order valence-corrected chi connectivity index (χ4v) is 4.53. The van der Waals surface area contributed by atoms with Gasteiger partial charge in [-0.25, -0.2) is 4.79 Å². The van der Waals surface area contributed by atoms with Crippen LogP contribution in [0.25, 0.3) is 5.57 Å². The van der Waals surface area contributed by atoms with Crippen molar-refractivity contribution < 1.29 is 14.7 Å². The van der Waals surface area contributed by atoms with Gasteiger partial charge in [-0.3, -0.25) is 4.79 Å². The van der Waals surface area contributed by atoms with Crippen LogP contribution in [-0.2, 0) is 10.3 Å². The summed E-state index contributed by atoms with van der Waals surface area (Å²) >= 11 is 6.67. The lowest BCUT2D eigenvalue weighted by Crippen LogP contribution is -2.54. The number of urea groups is 1. The Labute approximate surface area is 177 Å². The van der Waals surface area contributed by atoms with Gasteiger partial charge in [-0.1, -0.05) is 43.7 Å². The first-order valence-electron chi connectivity index (χ1n) is 10.2. The maximum Gasteiger partial charge on any atom is 0.322 e. The third-order valence-corrected chi connectivity index (χ3v) is 6.17. The molecule has 2 N–H and O–H groups in total. The number of amides is 2. The molecule has 1 atom stereocenters. The number of carbonyl (C=O) groups excluding carboxylic acids is 1. The maximum absolute atomic E-state index is 12.7. The molecule has 6 heteroatoms. The van der Waals surface area contributed by atoms with Crippen molar-refractivity contribution in [2.24, 2.45) is 5.92 Å². The van der Waals surface area contributed by atoms with Crippen LogP contribution in [0.1, 0.15) is 64.0 Å². The van der Waals surface area contributed by atoms with E-state index in [1.54, 1.807) is 6.20 Å². The summed E-state index contributed by atoms with van der Waals surface area (Å²) in [5.74, 6) is -0.766. The standard InChI is InChI=1S/C23H29ClN2O3/c1-15(2)19-14-26(12-11-21(27)28)22(29)25-23(19,3)17-9-10-18(20(24)13-17)16-7-5-4-6-8-16/h7,9-10,13-15H,4-6,8,11-12H2,1-3H3,(H,25,29)(H,27,28)/t23-/m1/s1. The Morgan fingerprint density at radius 1 is 1.34 bits per heavy atom. The van der Waals surface area contributed by atoms with Crippen molar-refractivity contribution in [1.82, 2.24) is 10.2 Å². The van der Waals surface area contributed by atoms with Crippen molar-refractivity contribution in [2.45, 2.75) is 58.4 Å². The topological polar surface area (TPSA) is 69.6 Å². The van der Waals surface area contributed by atoms with Crippen molar-refractivity contribution in [3.05, 3.63) is 52.2 Å². The van der Waals surface area contributed by atoms with Gasteiger partial charge in [0, 0.05) is 17.8 Å². The molecule has 5 nitrogen and oxygen atoms in total. The highest BCUT2D eigenvalue weighted by Crippen LogP contribution is 2.40. The Morgan fingerprint density at radius 2 is 2.10 bits per heavy atom. The van der Waals surface area contributed by atoms with Crippen molar-refractivity contribution in [2.75, 3.05) is 6.54 Å². The Hall–Kier alpha value is -2.27. The molecule has 2 amide bonds. The minimum absolute atomic E-state index is 0.0956. The minimum atomic E-state index is -0.926. The number of carboxylic acids is 1. The second-order valence-electron chi connectivity index (χ2n) is 8.30. The highest BCUT2D eigenvalue weighted by Gasteiger charge is 2.39. The molecule has 29 heavy (non-hydrogen) atoms. The molecule has 0 saturated heterocycles. The van der Waals surface area contributed by atoms with Gasteiger partial charge in [0.05, 0.1) is 12.0 Å². The van der Waals surface area contributed by atoms with E-state index in [9.17, 15) is 9.59 Å². The summed E-state index contributed by atoms with van der Waals surface area (Å²) in [7, 11) is 0. The summed E-state index contributed by atoms with van der Waals surface area (Å²) in [6.45, 7) is 6.26. The number of nitrogens with one attached hydrogen (secondary N) is 1. The fraction of sp³-hybridized carbons (Fsp3) is 0.478. The zero-order valence-corrected chi connectivity index (χ0v) is 18.1. The van der Waals surface area contributed by atoms with E-state index in [-0.39, 0.29) is 24.9 Å². The number of rotatable bonds is 6. The van der Waals surface area contributed by atoms with E-state index in [0.717, 1.165) is 29.5 Å². The molecule has 2 aliphatic rings. The molecule has 0 aromatic heterocycles. The third kappa shape index (κ3) is 4.50. The lowest BCUT2D eigenvalue weighted by Gasteiger charge is -2.42. The van der Waals surface area contributed by atoms with Crippen LogP contribution in [0.15, 0.2) is 36.0 Å². The van der Waals surface area contributed by atoms with Crippen molar-refractivity contribution >= 4 is 29.2 Å². The second-order valence-corrected chi connectivity index (χ2v) is 8.71. The lowest BCUT2D eigenvalue weighted by atomic mass is 9.77. The fourth-order valence-electron chi connectivity index (χ4n) is 4.23. The zero-order chi connectivity index (χ0) is 21.2. The summed E-state index contributed by atoms with van der Waals surface area (Å²) in [4.78, 5) is 25.1. The molecule has 1 aliphatic carbocycles. The van der Waals surface area contributed by atoms with Crippen LogP contribution in [0.3, 0.4) is 0 Å². The average molecular weight is 417 g/mol. The van der Waals surface area contributed by atoms with Crippen LogP contribution >= 0.6 is 11.6 Å². The van der Waals surface area contributed by atoms with Gasteiger partial charge < -0.3 is 15.3 Å². The minimum Gasteiger partial charge on any atom is -0.481 e. The van der Waals surface area contributed by atoms with E-state index in [2.05, 4.69) is 31.3 Å². The normalized spacial score (nSPS) is 22.2. The first kappa shape index (κ1) is 21.4.